The summed E-state index contributed by atoms with van der Waals surface area (Å²) in [5.74, 6) is 0.214. The number of rotatable bonds is 6. The minimum absolute atomic E-state index is 0.213. The van der Waals surface area contributed by atoms with Crippen molar-refractivity contribution in [1.29, 1.82) is 0 Å². The van der Waals surface area contributed by atoms with E-state index in [9.17, 15) is 13.2 Å². The van der Waals surface area contributed by atoms with Crippen molar-refractivity contribution in [3.8, 4) is 0 Å². The molecule has 1 aromatic heterocycles. The third-order valence-corrected chi connectivity index (χ3v) is 7.98. The Bertz CT molecular complexity index is 1350. The fraction of sp³-hybridized carbons (Fsp3) is 0.308. The van der Waals surface area contributed by atoms with Gasteiger partial charge in [0.25, 0.3) is 0 Å². The lowest BCUT2D eigenvalue weighted by Gasteiger charge is -2.36. The molecule has 0 bridgehead atoms. The smallest absolute Gasteiger partial charge is 0.243 e. The Morgan fingerprint density at radius 2 is 1.69 bits per heavy atom. The minimum atomic E-state index is -3.58. The molecule has 1 saturated heterocycles. The molecule has 8 nitrogen and oxygen atoms in total. The van der Waals surface area contributed by atoms with Gasteiger partial charge in [-0.05, 0) is 56.2 Å². The van der Waals surface area contributed by atoms with E-state index in [1.807, 2.05) is 0 Å². The SMILES string of the molecule is CC(=O)Nc1c(C)noc1C=Cc1ccc(S(=O)(=O)N2CCN(c3ccc(C)cc3C)CC2)cc1. The van der Waals surface area contributed by atoms with Gasteiger partial charge >= 0.3 is 0 Å². The maximum Gasteiger partial charge on any atom is 0.243 e. The molecule has 0 atom stereocenters. The van der Waals surface area contributed by atoms with Gasteiger partial charge in [0.15, 0.2) is 5.76 Å². The maximum atomic E-state index is 13.2. The number of carbonyl (C=O) groups excluding carboxylic acids is 1. The summed E-state index contributed by atoms with van der Waals surface area (Å²) >= 11 is 0. The third-order valence-electron chi connectivity index (χ3n) is 6.07. The monoisotopic (exact) mass is 494 g/mol. The maximum absolute atomic E-state index is 13.2. The van der Waals surface area contributed by atoms with Crippen molar-refractivity contribution in [2.24, 2.45) is 0 Å². The van der Waals surface area contributed by atoms with E-state index >= 15 is 0 Å². The van der Waals surface area contributed by atoms with Crippen LogP contribution in [0, 0.1) is 20.8 Å². The third kappa shape index (κ3) is 5.47. The Balaban J connectivity index is 1.43. The van der Waals surface area contributed by atoms with Crippen LogP contribution in [0.4, 0.5) is 11.4 Å². The number of piperazine rings is 1. The summed E-state index contributed by atoms with van der Waals surface area (Å²) in [6, 6.07) is 13.1. The highest BCUT2D eigenvalue weighted by atomic mass is 32.2. The Morgan fingerprint density at radius 3 is 2.31 bits per heavy atom. The van der Waals surface area contributed by atoms with Gasteiger partial charge in [-0.2, -0.15) is 4.31 Å². The normalized spacial score (nSPS) is 15.0. The van der Waals surface area contributed by atoms with Crippen molar-refractivity contribution in [3.63, 3.8) is 0 Å². The molecule has 1 amide bonds. The molecule has 1 N–H and O–H groups in total. The lowest BCUT2D eigenvalue weighted by Crippen LogP contribution is -2.48. The first kappa shape index (κ1) is 24.7. The fourth-order valence-corrected chi connectivity index (χ4v) is 5.65. The van der Waals surface area contributed by atoms with Crippen LogP contribution in [0.2, 0.25) is 0 Å². The average Bonchev–Trinajstić information content (AvgIpc) is 3.16. The lowest BCUT2D eigenvalue weighted by molar-refractivity contribution is -0.114. The number of nitrogens with one attached hydrogen (secondary N) is 1. The highest BCUT2D eigenvalue weighted by molar-refractivity contribution is 7.89. The molecular formula is C26H30N4O4S. The zero-order chi connectivity index (χ0) is 25.2. The summed E-state index contributed by atoms with van der Waals surface area (Å²) < 4.78 is 33.2. The second-order valence-electron chi connectivity index (χ2n) is 8.77. The number of hydrogen-bond acceptors (Lipinski definition) is 6. The first-order valence-corrected chi connectivity index (χ1v) is 12.9. The van der Waals surface area contributed by atoms with Gasteiger partial charge in [0.05, 0.1) is 4.90 Å². The van der Waals surface area contributed by atoms with Crippen molar-refractivity contribution < 1.29 is 17.7 Å². The van der Waals surface area contributed by atoms with Crippen LogP contribution in [0.3, 0.4) is 0 Å². The molecule has 2 aromatic carbocycles. The molecule has 184 valence electrons. The minimum Gasteiger partial charge on any atom is -0.369 e. The van der Waals surface area contributed by atoms with Gasteiger partial charge < -0.3 is 14.7 Å². The van der Waals surface area contributed by atoms with Crippen LogP contribution in [-0.2, 0) is 14.8 Å². The summed E-state index contributed by atoms with van der Waals surface area (Å²) in [5, 5.41) is 6.59. The van der Waals surface area contributed by atoms with Gasteiger partial charge in [-0.1, -0.05) is 41.1 Å². The Kier molecular flexibility index (Phi) is 7.09. The Labute approximate surface area is 206 Å². The van der Waals surface area contributed by atoms with E-state index in [-0.39, 0.29) is 10.8 Å². The van der Waals surface area contributed by atoms with Crippen LogP contribution in [-0.4, -0.2) is 50.0 Å². The van der Waals surface area contributed by atoms with Crippen molar-refractivity contribution >= 4 is 39.5 Å². The summed E-state index contributed by atoms with van der Waals surface area (Å²) in [4.78, 5) is 13.9. The van der Waals surface area contributed by atoms with E-state index in [1.54, 1.807) is 47.6 Å². The summed E-state index contributed by atoms with van der Waals surface area (Å²) in [5.41, 5.74) is 5.48. The summed E-state index contributed by atoms with van der Waals surface area (Å²) in [6.07, 6.45) is 3.48. The van der Waals surface area contributed by atoms with Crippen molar-refractivity contribution in [3.05, 3.63) is 70.6 Å². The quantitative estimate of drug-likeness (QED) is 0.551. The molecule has 3 aromatic rings. The van der Waals surface area contributed by atoms with Crippen molar-refractivity contribution in [2.45, 2.75) is 32.6 Å². The van der Waals surface area contributed by atoms with Crippen LogP contribution in [0.1, 0.15) is 35.1 Å². The predicted octanol–water partition coefficient (Wildman–Crippen LogP) is 4.24. The van der Waals surface area contributed by atoms with E-state index in [0.29, 0.717) is 43.3 Å². The number of anilines is 2. The number of aryl methyl sites for hydroxylation is 3. The Hall–Kier alpha value is -3.43. The molecular weight excluding hydrogens is 464 g/mol. The van der Waals surface area contributed by atoms with E-state index in [0.717, 1.165) is 11.3 Å². The number of amides is 1. The average molecular weight is 495 g/mol. The van der Waals surface area contributed by atoms with Gasteiger partial charge in [0.2, 0.25) is 15.9 Å². The van der Waals surface area contributed by atoms with Crippen LogP contribution in [0.5, 0.6) is 0 Å². The standard InChI is InChI=1S/C26H30N4O4S/c1-18-5-11-24(19(2)17-18)29-13-15-30(16-14-29)35(32,33)23-9-6-22(7-10-23)8-12-25-26(27-21(4)31)20(3)28-34-25/h5-12,17H,13-16H2,1-4H3,(H,27,31). The largest absolute Gasteiger partial charge is 0.369 e. The van der Waals surface area contributed by atoms with Crippen LogP contribution in [0.25, 0.3) is 12.2 Å². The molecule has 1 aliphatic heterocycles. The van der Waals surface area contributed by atoms with E-state index in [4.69, 9.17) is 4.52 Å². The van der Waals surface area contributed by atoms with Gasteiger partial charge in [-0.25, -0.2) is 8.42 Å². The van der Waals surface area contributed by atoms with E-state index in [2.05, 4.69) is 47.4 Å². The highest BCUT2D eigenvalue weighted by Gasteiger charge is 2.28. The van der Waals surface area contributed by atoms with Gasteiger partial charge in [0, 0.05) is 38.8 Å². The number of aromatic nitrogens is 1. The first-order valence-electron chi connectivity index (χ1n) is 11.5. The van der Waals surface area contributed by atoms with Crippen molar-refractivity contribution in [1.82, 2.24) is 9.46 Å². The molecule has 1 aliphatic rings. The molecule has 2 heterocycles. The van der Waals surface area contributed by atoms with E-state index < -0.39 is 10.0 Å². The molecule has 0 aliphatic carbocycles. The number of sulfonamides is 1. The molecule has 9 heteroatoms. The number of hydrogen-bond donors (Lipinski definition) is 1. The lowest BCUT2D eigenvalue weighted by atomic mass is 10.1. The van der Waals surface area contributed by atoms with Crippen molar-refractivity contribution in [2.75, 3.05) is 36.4 Å². The molecule has 1 fully saturated rings. The van der Waals surface area contributed by atoms with E-state index in [1.165, 1.54) is 18.1 Å². The first-order chi connectivity index (χ1) is 16.6. The Morgan fingerprint density at radius 1 is 1.00 bits per heavy atom. The summed E-state index contributed by atoms with van der Waals surface area (Å²) in [6.45, 7) is 9.50. The fourth-order valence-electron chi connectivity index (χ4n) is 4.23. The number of nitrogens with zero attached hydrogens (tertiary/aromatic N) is 3. The summed E-state index contributed by atoms with van der Waals surface area (Å²) in [7, 11) is -3.58. The number of benzene rings is 2. The van der Waals surface area contributed by atoms with Crippen LogP contribution >= 0.6 is 0 Å². The highest BCUT2D eigenvalue weighted by Crippen LogP contribution is 2.26. The zero-order valence-corrected chi connectivity index (χ0v) is 21.2. The molecule has 4 rings (SSSR count). The van der Waals surface area contributed by atoms with Gasteiger partial charge in [-0.3, -0.25) is 4.79 Å². The topological polar surface area (TPSA) is 95.8 Å². The molecule has 35 heavy (non-hydrogen) atoms. The second kappa shape index (κ2) is 10.1. The molecule has 0 spiro atoms. The van der Waals surface area contributed by atoms with Crippen LogP contribution in [0.15, 0.2) is 51.9 Å². The predicted molar refractivity (Wildman–Crippen MR) is 138 cm³/mol. The molecule has 0 saturated carbocycles. The second-order valence-corrected chi connectivity index (χ2v) is 10.7. The molecule has 0 radical (unpaired) electrons. The van der Waals surface area contributed by atoms with Crippen LogP contribution < -0.4 is 10.2 Å². The van der Waals surface area contributed by atoms with Gasteiger partial charge in [0.1, 0.15) is 11.4 Å². The van der Waals surface area contributed by atoms with Gasteiger partial charge in [-0.15, -0.1) is 0 Å². The molecule has 0 unspecified atom stereocenters. The zero-order valence-electron chi connectivity index (χ0n) is 20.4. The number of carbonyl (C=O) groups is 1.